The fourth-order valence-electron chi connectivity index (χ4n) is 9.93. The summed E-state index contributed by atoms with van der Waals surface area (Å²) in [7, 11) is 0.812. The molecule has 3 fully saturated rings. The molecule has 6 N–H and O–H groups in total. The van der Waals surface area contributed by atoms with Crippen LogP contribution in [0.4, 0.5) is 59.3 Å². The van der Waals surface area contributed by atoms with Crippen molar-refractivity contribution in [2.75, 3.05) is 44.9 Å². The second-order valence-electron chi connectivity index (χ2n) is 21.3. The van der Waals surface area contributed by atoms with Gasteiger partial charge in [0.15, 0.2) is 0 Å². The van der Waals surface area contributed by atoms with Gasteiger partial charge in [-0.2, -0.15) is 40.2 Å². The second kappa shape index (κ2) is 24.5. The van der Waals surface area contributed by atoms with Crippen LogP contribution in [0.3, 0.4) is 0 Å². The van der Waals surface area contributed by atoms with Crippen LogP contribution in [0, 0.1) is 41.2 Å². The van der Waals surface area contributed by atoms with Crippen molar-refractivity contribution in [2.24, 2.45) is 10.8 Å². The zero-order chi connectivity index (χ0) is 59.5. The molecule has 18 nitrogen and oxygen atoms in total. The molecule has 440 valence electrons. The van der Waals surface area contributed by atoms with E-state index in [0.29, 0.717) is 74.1 Å². The Labute approximate surface area is 458 Å². The number of hydrazine groups is 1. The first-order valence-corrected chi connectivity index (χ1v) is 25.4. The molecule has 6 atom stereocenters. The highest BCUT2D eigenvalue weighted by Gasteiger charge is 2.57. The molecule has 6 unspecified atom stereocenters. The number of hydrogen-bond acceptors (Lipinski definition) is 12. The summed E-state index contributed by atoms with van der Waals surface area (Å²) in [4.78, 5) is 61.8. The maximum Gasteiger partial charge on any atom is 0.407 e. The van der Waals surface area contributed by atoms with Crippen molar-refractivity contribution in [3.63, 3.8) is 0 Å². The number of nitrogens with zero attached hydrogens (tertiary/aromatic N) is 6. The summed E-state index contributed by atoms with van der Waals surface area (Å²) in [5.74, 6) is 0.723. The number of rotatable bonds is 19. The smallest absolute Gasteiger partial charge is 0.407 e. The van der Waals surface area contributed by atoms with Crippen molar-refractivity contribution in [3.05, 3.63) is 100 Å². The molecule has 5 heterocycles. The van der Waals surface area contributed by atoms with E-state index in [-0.39, 0.29) is 21.5 Å². The van der Waals surface area contributed by atoms with Gasteiger partial charge in [0.1, 0.15) is 29.5 Å². The lowest BCUT2D eigenvalue weighted by molar-refractivity contribution is -0.221. The molecule has 2 aromatic carbocycles. The van der Waals surface area contributed by atoms with E-state index in [1.54, 1.807) is 6.20 Å². The number of aryl methyl sites for hydroxylation is 1. The van der Waals surface area contributed by atoms with Gasteiger partial charge in [0.25, 0.3) is 5.91 Å². The number of piperazine rings is 1. The number of amides is 4. The van der Waals surface area contributed by atoms with Crippen molar-refractivity contribution in [1.82, 2.24) is 46.0 Å². The largest absolute Gasteiger partial charge is 0.465 e. The summed E-state index contributed by atoms with van der Waals surface area (Å²) in [6.45, 7) is 1.74. The number of ether oxygens (including phenoxy) is 2. The first-order valence-electron chi connectivity index (χ1n) is 25.4. The Morgan fingerprint density at radius 2 is 1.41 bits per heavy atom. The fraction of sp³-hybridized carbons (Fsp3) is 0.509. The molecule has 0 spiro atoms. The Morgan fingerprint density at radius 1 is 0.827 bits per heavy atom. The van der Waals surface area contributed by atoms with Gasteiger partial charge in [-0.15, -0.1) is 0 Å². The summed E-state index contributed by atoms with van der Waals surface area (Å²) in [5, 5.41) is 31.1. The predicted molar refractivity (Wildman–Crippen MR) is 270 cm³/mol. The topological polar surface area (TPSA) is 216 Å². The van der Waals surface area contributed by atoms with Crippen molar-refractivity contribution in [2.45, 2.75) is 122 Å². The molecule has 2 bridgehead atoms. The molecule has 0 aliphatic carbocycles. The number of hydrogen-bond donors (Lipinski definition) is 6. The van der Waals surface area contributed by atoms with E-state index in [9.17, 15) is 64.5 Å². The number of fused-ring (bicyclic) bond motifs is 2. The van der Waals surface area contributed by atoms with Crippen LogP contribution >= 0.6 is 0 Å². The van der Waals surface area contributed by atoms with E-state index < -0.39 is 115 Å². The Hall–Kier alpha value is -7.22. The van der Waals surface area contributed by atoms with Crippen molar-refractivity contribution in [1.29, 1.82) is 0 Å². The number of alkyl halides is 8. The van der Waals surface area contributed by atoms with Crippen molar-refractivity contribution >= 4 is 29.8 Å². The summed E-state index contributed by atoms with van der Waals surface area (Å²) >= 11 is 0. The number of alkyl carbamates (subject to hydrolysis) is 1. The molecule has 4 amide bonds. The van der Waals surface area contributed by atoms with Gasteiger partial charge >= 0.3 is 31.1 Å². The predicted octanol–water partition coefficient (Wildman–Crippen LogP) is 6.84. The second-order valence-corrected chi connectivity index (χ2v) is 21.3. The molecular formula is C53H60F10N10O8. The van der Waals surface area contributed by atoms with Gasteiger partial charge in [0.2, 0.25) is 5.91 Å². The summed E-state index contributed by atoms with van der Waals surface area (Å²) in [5.41, 5.74) is -3.74. The van der Waals surface area contributed by atoms with Crippen molar-refractivity contribution < 1.29 is 82.8 Å². The minimum Gasteiger partial charge on any atom is -0.465 e. The Bertz CT molecular complexity index is 2960. The van der Waals surface area contributed by atoms with Gasteiger partial charge in [-0.05, 0) is 101 Å². The minimum absolute atomic E-state index is 0.188. The zero-order valence-corrected chi connectivity index (χ0v) is 44.6. The normalized spacial score (nSPS) is 18.5. The van der Waals surface area contributed by atoms with E-state index in [0.717, 1.165) is 69.9 Å². The lowest BCUT2D eigenvalue weighted by Crippen LogP contribution is -2.63. The van der Waals surface area contributed by atoms with Crippen molar-refractivity contribution in [3.8, 4) is 23.1 Å². The quantitative estimate of drug-likeness (QED) is 0.0323. The van der Waals surface area contributed by atoms with Crippen LogP contribution in [0.25, 0.3) is 11.3 Å². The number of methoxy groups -OCH3 is 1. The molecule has 2 aromatic heterocycles. The molecule has 3 aliphatic rings. The van der Waals surface area contributed by atoms with Gasteiger partial charge in [-0.1, -0.05) is 24.0 Å². The highest BCUT2D eigenvalue weighted by molar-refractivity contribution is 5.87. The number of benzene rings is 2. The lowest BCUT2D eigenvalue weighted by atomic mass is 9.82. The number of halogens is 10. The number of aliphatic hydroxyl groups excluding tert-OH is 1. The van der Waals surface area contributed by atoms with E-state index in [4.69, 9.17) is 9.72 Å². The molecule has 0 radical (unpaired) electrons. The standard InChI is InChI=1S/C53H60F10N10O8/c1-28-17-31(21-64-44(28)70-22-33-13-14-34(23-70)73(33)35-26-81-27-35)12-9-29-7-10-30(11-8-29)18-40(65-45(75)42(67-49(79)80-6)50(2,3)52(58,59)60)41(74)25-71(69-46(76)43(66-48(77)78)51(4,5)53(61,62)63)24-36-37(54)19-32(20-38(36)55)39-15-16-72(68-39)47(56)57/h7-8,10-11,15-17,19-21,33-35,40-43,47,66,74H,13-14,18,22-27H2,1-6H3,(H,65,75)(H,67,79)(H,69,76)(H,77,78). The summed E-state index contributed by atoms with van der Waals surface area (Å²) in [6, 6.07) is 4.54. The zero-order valence-electron chi connectivity index (χ0n) is 44.6. The fourth-order valence-corrected chi connectivity index (χ4v) is 9.93. The van der Waals surface area contributed by atoms with E-state index in [2.05, 4.69) is 36.8 Å². The number of aliphatic hydroxyl groups is 1. The third-order valence-corrected chi connectivity index (χ3v) is 14.9. The lowest BCUT2D eigenvalue weighted by Gasteiger charge is -2.48. The minimum atomic E-state index is -5.29. The number of carbonyl (C=O) groups excluding carboxylic acids is 3. The average molecular weight is 1160 g/mol. The molecule has 7 rings (SSSR count). The van der Waals surface area contributed by atoms with Gasteiger partial charge in [0.05, 0.1) is 55.0 Å². The molecule has 3 saturated heterocycles. The van der Waals surface area contributed by atoms with Gasteiger partial charge < -0.3 is 40.5 Å². The molecule has 4 aromatic rings. The molecule has 0 saturated carbocycles. The molecule has 81 heavy (non-hydrogen) atoms. The Morgan fingerprint density at radius 3 is 1.91 bits per heavy atom. The number of pyridine rings is 1. The number of carbonyl (C=O) groups is 4. The summed E-state index contributed by atoms with van der Waals surface area (Å²) < 4.78 is 156. The number of carboxylic acid groups (broad SMARTS) is 1. The maximum absolute atomic E-state index is 16.0. The van der Waals surface area contributed by atoms with Crippen LogP contribution in [0.1, 0.15) is 74.9 Å². The molecule has 28 heteroatoms. The van der Waals surface area contributed by atoms with Crippen LogP contribution in [-0.2, 0) is 32.0 Å². The van der Waals surface area contributed by atoms with Crippen LogP contribution in [-0.4, -0.2) is 154 Å². The number of anilines is 1. The average Bonchev–Trinajstić information content (AvgIpc) is 4.16. The highest BCUT2D eigenvalue weighted by atomic mass is 19.4. The van der Waals surface area contributed by atoms with Crippen LogP contribution in [0.5, 0.6) is 0 Å². The third kappa shape index (κ3) is 14.1. The van der Waals surface area contributed by atoms with Crippen LogP contribution < -0.4 is 26.3 Å². The molecular weight excluding hydrogens is 1090 g/mol. The van der Waals surface area contributed by atoms with Gasteiger partial charge in [-0.3, -0.25) is 19.9 Å². The van der Waals surface area contributed by atoms with E-state index in [1.165, 1.54) is 29.6 Å². The number of nitrogens with one attached hydrogen (secondary N) is 4. The van der Waals surface area contributed by atoms with E-state index in [1.807, 2.05) is 23.7 Å². The van der Waals surface area contributed by atoms with Gasteiger partial charge in [-0.25, -0.2) is 33.0 Å². The first kappa shape index (κ1) is 61.4. The highest BCUT2D eigenvalue weighted by Crippen LogP contribution is 2.42. The first-order chi connectivity index (χ1) is 37.9. The Balaban J connectivity index is 1.19. The Kier molecular flexibility index (Phi) is 18.6. The monoisotopic (exact) mass is 1150 g/mol. The molecule has 3 aliphatic heterocycles. The van der Waals surface area contributed by atoms with Gasteiger partial charge in [0, 0.05) is 72.9 Å². The summed E-state index contributed by atoms with van der Waals surface area (Å²) in [6.07, 6.45) is -12.0. The number of aromatic nitrogens is 3. The van der Waals surface area contributed by atoms with E-state index >= 15 is 8.78 Å². The maximum atomic E-state index is 16.0. The SMILES string of the molecule is COC(=O)NC(C(=O)NC(Cc1ccc(C#Cc2cnc(N3CC4CCC(C3)N4C3COC3)c(C)c2)cc1)C(O)CN(Cc1c(F)cc(-c2ccn(C(F)F)n2)cc1F)NC(=O)C(NC(=O)O)C(C)(C)C(F)(F)F)C(C)(C)C(F)(F)F. The van der Waals surface area contributed by atoms with Crippen LogP contribution in [0.15, 0.2) is 60.9 Å². The van der Waals surface area contributed by atoms with Crippen LogP contribution in [0.2, 0.25) is 0 Å². The third-order valence-electron chi connectivity index (χ3n) is 14.9.